The maximum absolute atomic E-state index is 5.53. The smallest absolute Gasteiger partial charge is 0.120 e. The molecule has 0 bridgehead atoms. The van der Waals surface area contributed by atoms with Gasteiger partial charge < -0.3 is 9.73 Å². The molecule has 2 aromatic rings. The first kappa shape index (κ1) is 9.98. The second kappa shape index (κ2) is 4.31. The second-order valence-corrected chi connectivity index (χ2v) is 3.63. The van der Waals surface area contributed by atoms with E-state index in [4.69, 9.17) is 4.42 Å². The maximum atomic E-state index is 5.53. The zero-order chi connectivity index (χ0) is 10.7. The lowest BCUT2D eigenvalue weighted by atomic mass is 10.2. The number of aromatic nitrogens is 2. The highest BCUT2D eigenvalue weighted by atomic mass is 16.3. The van der Waals surface area contributed by atoms with Crippen LogP contribution in [0.1, 0.15) is 30.2 Å². The summed E-state index contributed by atoms with van der Waals surface area (Å²) in [6, 6.07) is 6.14. The second-order valence-electron chi connectivity index (χ2n) is 3.63. The summed E-state index contributed by atoms with van der Waals surface area (Å²) in [5.74, 6) is 1.91. The van der Waals surface area contributed by atoms with Crippen LogP contribution in [0.3, 0.4) is 0 Å². The highest BCUT2D eigenvalue weighted by Crippen LogP contribution is 2.15. The third-order valence-corrected chi connectivity index (χ3v) is 2.35. The average Bonchev–Trinajstić information content (AvgIpc) is 2.84. The third kappa shape index (κ3) is 2.47. The van der Waals surface area contributed by atoms with E-state index in [1.807, 2.05) is 25.1 Å². The molecule has 4 nitrogen and oxygen atoms in total. The summed E-state index contributed by atoms with van der Waals surface area (Å²) in [4.78, 5) is 0. The molecule has 0 aromatic carbocycles. The van der Waals surface area contributed by atoms with Gasteiger partial charge in [0.2, 0.25) is 0 Å². The molecule has 2 heterocycles. The van der Waals surface area contributed by atoms with Crippen LogP contribution in [0.25, 0.3) is 0 Å². The molecular formula is C11H15N3O. The Labute approximate surface area is 88.7 Å². The first-order valence-electron chi connectivity index (χ1n) is 5.03. The molecule has 4 heteroatoms. The summed E-state index contributed by atoms with van der Waals surface area (Å²) in [6.45, 7) is 4.79. The Morgan fingerprint density at radius 2 is 2.33 bits per heavy atom. The monoisotopic (exact) mass is 205 g/mol. The van der Waals surface area contributed by atoms with Gasteiger partial charge in [-0.05, 0) is 32.0 Å². The Balaban J connectivity index is 1.90. The molecule has 2 aromatic heterocycles. The van der Waals surface area contributed by atoms with Crippen LogP contribution in [0.4, 0.5) is 0 Å². The standard InChI is InChI=1S/C11H15N3O/c1-8-3-4-11(15-8)9(2)12-7-10-5-6-13-14-10/h3-6,9,12H,7H2,1-2H3,(H,13,14). The lowest BCUT2D eigenvalue weighted by Crippen LogP contribution is -2.17. The Morgan fingerprint density at radius 3 is 2.93 bits per heavy atom. The summed E-state index contributed by atoms with van der Waals surface area (Å²) in [6.07, 6.45) is 1.75. The van der Waals surface area contributed by atoms with Gasteiger partial charge in [0.25, 0.3) is 0 Å². The quantitative estimate of drug-likeness (QED) is 0.804. The maximum Gasteiger partial charge on any atom is 0.120 e. The molecule has 0 saturated carbocycles. The van der Waals surface area contributed by atoms with E-state index in [0.717, 1.165) is 23.8 Å². The van der Waals surface area contributed by atoms with Gasteiger partial charge in [0, 0.05) is 18.4 Å². The van der Waals surface area contributed by atoms with Crippen LogP contribution in [-0.4, -0.2) is 10.2 Å². The molecule has 0 aliphatic carbocycles. The molecule has 2 rings (SSSR count). The molecule has 2 N–H and O–H groups in total. The third-order valence-electron chi connectivity index (χ3n) is 2.35. The number of aromatic amines is 1. The highest BCUT2D eigenvalue weighted by molar-refractivity contribution is 5.09. The normalized spacial score (nSPS) is 12.9. The van der Waals surface area contributed by atoms with Gasteiger partial charge in [-0.15, -0.1) is 0 Å². The lowest BCUT2D eigenvalue weighted by Gasteiger charge is -2.09. The van der Waals surface area contributed by atoms with Crippen LogP contribution in [-0.2, 0) is 6.54 Å². The summed E-state index contributed by atoms with van der Waals surface area (Å²) in [7, 11) is 0. The van der Waals surface area contributed by atoms with E-state index in [1.165, 1.54) is 0 Å². The van der Waals surface area contributed by atoms with Crippen molar-refractivity contribution in [1.29, 1.82) is 0 Å². The van der Waals surface area contributed by atoms with Crippen molar-refractivity contribution in [3.8, 4) is 0 Å². The number of nitrogens with zero attached hydrogens (tertiary/aromatic N) is 1. The molecule has 15 heavy (non-hydrogen) atoms. The van der Waals surface area contributed by atoms with Crippen molar-refractivity contribution in [1.82, 2.24) is 15.5 Å². The van der Waals surface area contributed by atoms with Gasteiger partial charge in [-0.1, -0.05) is 0 Å². The van der Waals surface area contributed by atoms with Crippen LogP contribution < -0.4 is 5.32 Å². The van der Waals surface area contributed by atoms with Gasteiger partial charge in [-0.25, -0.2) is 0 Å². The first-order valence-corrected chi connectivity index (χ1v) is 5.03. The highest BCUT2D eigenvalue weighted by Gasteiger charge is 2.08. The van der Waals surface area contributed by atoms with E-state index < -0.39 is 0 Å². The molecule has 1 atom stereocenters. The van der Waals surface area contributed by atoms with Crippen molar-refractivity contribution < 1.29 is 4.42 Å². The SMILES string of the molecule is Cc1ccc(C(C)NCc2ccn[nH]2)o1. The van der Waals surface area contributed by atoms with E-state index in [0.29, 0.717) is 0 Å². The van der Waals surface area contributed by atoms with E-state index in [1.54, 1.807) is 6.20 Å². The van der Waals surface area contributed by atoms with Crippen LogP contribution in [0.2, 0.25) is 0 Å². The fourth-order valence-electron chi connectivity index (χ4n) is 1.43. The number of rotatable bonds is 4. The molecule has 80 valence electrons. The molecular weight excluding hydrogens is 190 g/mol. The molecule has 0 saturated heterocycles. The zero-order valence-electron chi connectivity index (χ0n) is 8.95. The van der Waals surface area contributed by atoms with Crippen molar-refractivity contribution >= 4 is 0 Å². The number of H-pyrrole nitrogens is 1. The molecule has 0 aliphatic heterocycles. The summed E-state index contributed by atoms with van der Waals surface area (Å²) in [5, 5.41) is 10.1. The number of nitrogens with one attached hydrogen (secondary N) is 2. The first-order chi connectivity index (χ1) is 7.25. The summed E-state index contributed by atoms with van der Waals surface area (Å²) >= 11 is 0. The molecule has 1 unspecified atom stereocenters. The van der Waals surface area contributed by atoms with E-state index in [9.17, 15) is 0 Å². The zero-order valence-corrected chi connectivity index (χ0v) is 8.95. The number of furan rings is 1. The van der Waals surface area contributed by atoms with Crippen molar-refractivity contribution in [2.75, 3.05) is 0 Å². The number of hydrogen-bond donors (Lipinski definition) is 2. The Hall–Kier alpha value is -1.55. The fourth-order valence-corrected chi connectivity index (χ4v) is 1.43. The Morgan fingerprint density at radius 1 is 1.47 bits per heavy atom. The minimum Gasteiger partial charge on any atom is -0.465 e. The molecule has 0 radical (unpaired) electrons. The predicted molar refractivity (Wildman–Crippen MR) is 57.3 cm³/mol. The van der Waals surface area contributed by atoms with Gasteiger partial charge in [0.1, 0.15) is 11.5 Å². The minimum absolute atomic E-state index is 0.210. The van der Waals surface area contributed by atoms with Gasteiger partial charge in [-0.3, -0.25) is 5.10 Å². The Bertz CT molecular complexity index is 405. The topological polar surface area (TPSA) is 53.9 Å². The van der Waals surface area contributed by atoms with Crippen molar-refractivity contribution in [2.24, 2.45) is 0 Å². The summed E-state index contributed by atoms with van der Waals surface area (Å²) in [5.41, 5.74) is 1.07. The predicted octanol–water partition coefficient (Wildman–Crippen LogP) is 2.16. The minimum atomic E-state index is 0.210. The van der Waals surface area contributed by atoms with Crippen LogP contribution >= 0.6 is 0 Å². The van der Waals surface area contributed by atoms with Gasteiger partial charge in [-0.2, -0.15) is 5.10 Å². The Kier molecular flexibility index (Phi) is 2.87. The van der Waals surface area contributed by atoms with Crippen molar-refractivity contribution in [3.05, 3.63) is 41.6 Å². The average molecular weight is 205 g/mol. The summed E-state index contributed by atoms with van der Waals surface area (Å²) < 4.78 is 5.53. The number of hydrogen-bond acceptors (Lipinski definition) is 3. The largest absolute Gasteiger partial charge is 0.465 e. The van der Waals surface area contributed by atoms with Crippen molar-refractivity contribution in [2.45, 2.75) is 26.4 Å². The van der Waals surface area contributed by atoms with Crippen LogP contribution in [0.5, 0.6) is 0 Å². The van der Waals surface area contributed by atoms with Crippen LogP contribution in [0, 0.1) is 6.92 Å². The molecule has 0 amide bonds. The van der Waals surface area contributed by atoms with E-state index in [-0.39, 0.29) is 6.04 Å². The van der Waals surface area contributed by atoms with E-state index >= 15 is 0 Å². The van der Waals surface area contributed by atoms with Gasteiger partial charge in [0.05, 0.1) is 6.04 Å². The van der Waals surface area contributed by atoms with Gasteiger partial charge in [0.15, 0.2) is 0 Å². The van der Waals surface area contributed by atoms with Crippen LogP contribution in [0.15, 0.2) is 28.8 Å². The molecule has 0 spiro atoms. The van der Waals surface area contributed by atoms with E-state index in [2.05, 4.69) is 22.4 Å². The molecule has 0 aliphatic rings. The molecule has 0 fully saturated rings. The number of aryl methyl sites for hydroxylation is 1. The van der Waals surface area contributed by atoms with Crippen molar-refractivity contribution in [3.63, 3.8) is 0 Å². The van der Waals surface area contributed by atoms with Gasteiger partial charge >= 0.3 is 0 Å². The fraction of sp³-hybridized carbons (Fsp3) is 0.364. The lowest BCUT2D eigenvalue weighted by molar-refractivity contribution is 0.414.